The Labute approximate surface area is 99.5 Å². The van der Waals surface area contributed by atoms with E-state index in [-0.39, 0.29) is 11.4 Å². The summed E-state index contributed by atoms with van der Waals surface area (Å²) < 4.78 is 38.3. The maximum atomic E-state index is 12.6. The lowest BCUT2D eigenvalue weighted by Gasteiger charge is -2.15. The first-order valence-corrected chi connectivity index (χ1v) is 6.50. The molecule has 0 bridgehead atoms. The predicted octanol–water partition coefficient (Wildman–Crippen LogP) is -0.188. The molecule has 1 aromatic rings. The molecular formula is C10H15FN2O3S. The second kappa shape index (κ2) is 5.54. The van der Waals surface area contributed by atoms with Crippen molar-refractivity contribution in [1.29, 1.82) is 0 Å². The van der Waals surface area contributed by atoms with E-state index in [1.54, 1.807) is 0 Å². The van der Waals surface area contributed by atoms with E-state index < -0.39 is 28.0 Å². The fourth-order valence-electron chi connectivity index (χ4n) is 1.07. The molecule has 0 fully saturated rings. The molecule has 5 nitrogen and oxygen atoms in total. The molecule has 0 saturated heterocycles. The van der Waals surface area contributed by atoms with Gasteiger partial charge in [-0.25, -0.2) is 17.5 Å². The number of benzene rings is 1. The van der Waals surface area contributed by atoms with Gasteiger partial charge < -0.3 is 10.8 Å². The zero-order valence-corrected chi connectivity index (χ0v) is 10.1. The molecule has 17 heavy (non-hydrogen) atoms. The van der Waals surface area contributed by atoms with Crippen LogP contribution in [0.15, 0.2) is 29.2 Å². The number of aliphatic hydroxyl groups excluding tert-OH is 1. The third-order valence-corrected chi connectivity index (χ3v) is 3.69. The molecule has 0 heterocycles. The van der Waals surface area contributed by atoms with E-state index in [0.717, 1.165) is 24.3 Å². The Hall–Kier alpha value is -1.02. The van der Waals surface area contributed by atoms with Crippen molar-refractivity contribution in [3.05, 3.63) is 30.1 Å². The minimum absolute atomic E-state index is 0.0447. The van der Waals surface area contributed by atoms with Crippen LogP contribution < -0.4 is 10.5 Å². The molecular weight excluding hydrogens is 247 g/mol. The Bertz CT molecular complexity index is 459. The summed E-state index contributed by atoms with van der Waals surface area (Å²) in [6, 6.07) is 3.74. The minimum Gasteiger partial charge on any atom is -0.392 e. The molecule has 0 aliphatic carbocycles. The number of nitrogens with two attached hydrogens (primary N) is 1. The monoisotopic (exact) mass is 262 g/mol. The first-order chi connectivity index (χ1) is 7.83. The number of sulfonamides is 1. The van der Waals surface area contributed by atoms with Crippen molar-refractivity contribution in [3.8, 4) is 0 Å². The van der Waals surface area contributed by atoms with Crippen LogP contribution in [0.3, 0.4) is 0 Å². The van der Waals surface area contributed by atoms with Gasteiger partial charge in [0.25, 0.3) is 0 Å². The van der Waals surface area contributed by atoms with E-state index in [4.69, 9.17) is 10.8 Å². The van der Waals surface area contributed by atoms with Crippen LogP contribution in [0.1, 0.15) is 6.92 Å². The summed E-state index contributed by atoms with van der Waals surface area (Å²) in [4.78, 5) is -0.0447. The van der Waals surface area contributed by atoms with Gasteiger partial charge in [-0.05, 0) is 31.2 Å². The van der Waals surface area contributed by atoms with E-state index in [0.29, 0.717) is 0 Å². The van der Waals surface area contributed by atoms with Crippen LogP contribution in [-0.4, -0.2) is 32.2 Å². The molecule has 1 rings (SSSR count). The van der Waals surface area contributed by atoms with Crippen LogP contribution in [0.25, 0.3) is 0 Å². The summed E-state index contributed by atoms with van der Waals surface area (Å²) in [5.74, 6) is -0.510. The summed E-state index contributed by atoms with van der Waals surface area (Å²) in [5.41, 5.74) is 5.49. The molecule has 0 aliphatic rings. The third kappa shape index (κ3) is 4.04. The van der Waals surface area contributed by atoms with E-state index in [1.165, 1.54) is 6.92 Å². The average Bonchev–Trinajstić information content (AvgIpc) is 2.26. The average molecular weight is 262 g/mol. The zero-order valence-electron chi connectivity index (χ0n) is 9.30. The van der Waals surface area contributed by atoms with Gasteiger partial charge in [0.2, 0.25) is 10.0 Å². The van der Waals surface area contributed by atoms with Crippen LogP contribution in [0, 0.1) is 5.82 Å². The maximum absolute atomic E-state index is 12.6. The molecule has 7 heteroatoms. The number of hydrogen-bond donors (Lipinski definition) is 3. The first-order valence-electron chi connectivity index (χ1n) is 5.02. The zero-order chi connectivity index (χ0) is 13.1. The number of halogens is 1. The Morgan fingerprint density at radius 2 is 1.94 bits per heavy atom. The SMILES string of the molecule is CC(O)C(N)CNS(=O)(=O)c1ccc(F)cc1. The van der Waals surface area contributed by atoms with Gasteiger partial charge in [-0.3, -0.25) is 0 Å². The molecule has 96 valence electrons. The third-order valence-electron chi connectivity index (χ3n) is 2.25. The highest BCUT2D eigenvalue weighted by atomic mass is 32.2. The fraction of sp³-hybridized carbons (Fsp3) is 0.400. The van der Waals surface area contributed by atoms with Gasteiger partial charge in [0, 0.05) is 12.6 Å². The number of rotatable bonds is 5. The van der Waals surface area contributed by atoms with Crippen LogP contribution in [-0.2, 0) is 10.0 Å². The summed E-state index contributed by atoms with van der Waals surface area (Å²) in [6.07, 6.45) is -0.814. The lowest BCUT2D eigenvalue weighted by molar-refractivity contribution is 0.164. The Morgan fingerprint density at radius 1 is 1.41 bits per heavy atom. The first kappa shape index (κ1) is 14.0. The van der Waals surface area contributed by atoms with Gasteiger partial charge in [-0.1, -0.05) is 0 Å². The van der Waals surface area contributed by atoms with Gasteiger partial charge in [0.15, 0.2) is 0 Å². The van der Waals surface area contributed by atoms with E-state index >= 15 is 0 Å². The van der Waals surface area contributed by atoms with Crippen molar-refractivity contribution in [2.45, 2.75) is 24.0 Å². The van der Waals surface area contributed by atoms with Crippen LogP contribution in [0.2, 0.25) is 0 Å². The van der Waals surface area contributed by atoms with E-state index in [1.807, 2.05) is 0 Å². The fourth-order valence-corrected chi connectivity index (χ4v) is 2.15. The molecule has 2 atom stereocenters. The highest BCUT2D eigenvalue weighted by Gasteiger charge is 2.17. The number of hydrogen-bond acceptors (Lipinski definition) is 4. The molecule has 0 aliphatic heterocycles. The lowest BCUT2D eigenvalue weighted by atomic mass is 10.2. The lowest BCUT2D eigenvalue weighted by Crippen LogP contribution is -2.43. The molecule has 0 amide bonds. The second-order valence-corrected chi connectivity index (χ2v) is 5.48. The van der Waals surface area contributed by atoms with Crippen molar-refractivity contribution in [2.24, 2.45) is 5.73 Å². The molecule has 0 spiro atoms. The van der Waals surface area contributed by atoms with Gasteiger partial charge in [0.05, 0.1) is 11.0 Å². The minimum atomic E-state index is -3.71. The molecule has 0 saturated carbocycles. The number of aliphatic hydroxyl groups is 1. The Balaban J connectivity index is 2.72. The highest BCUT2D eigenvalue weighted by molar-refractivity contribution is 7.89. The van der Waals surface area contributed by atoms with Gasteiger partial charge >= 0.3 is 0 Å². The van der Waals surface area contributed by atoms with Crippen LogP contribution >= 0.6 is 0 Å². The van der Waals surface area contributed by atoms with Crippen molar-refractivity contribution in [3.63, 3.8) is 0 Å². The summed E-state index contributed by atoms with van der Waals surface area (Å²) in [7, 11) is -3.71. The van der Waals surface area contributed by atoms with Crippen molar-refractivity contribution in [1.82, 2.24) is 4.72 Å². The maximum Gasteiger partial charge on any atom is 0.240 e. The van der Waals surface area contributed by atoms with Crippen LogP contribution in [0.5, 0.6) is 0 Å². The van der Waals surface area contributed by atoms with Crippen molar-refractivity contribution < 1.29 is 17.9 Å². The number of nitrogens with one attached hydrogen (secondary N) is 1. The predicted molar refractivity (Wildman–Crippen MR) is 61.2 cm³/mol. The summed E-state index contributed by atoms with van der Waals surface area (Å²) in [6.45, 7) is 1.38. The molecule has 2 unspecified atom stereocenters. The largest absolute Gasteiger partial charge is 0.392 e. The molecule has 0 radical (unpaired) electrons. The normalized spacial score (nSPS) is 15.5. The van der Waals surface area contributed by atoms with Gasteiger partial charge in [-0.15, -0.1) is 0 Å². The van der Waals surface area contributed by atoms with Gasteiger partial charge in [-0.2, -0.15) is 0 Å². The Kier molecular flexibility index (Phi) is 4.58. The summed E-state index contributed by atoms with van der Waals surface area (Å²) >= 11 is 0. The van der Waals surface area contributed by atoms with Gasteiger partial charge in [0.1, 0.15) is 5.82 Å². The highest BCUT2D eigenvalue weighted by Crippen LogP contribution is 2.09. The summed E-state index contributed by atoms with van der Waals surface area (Å²) in [5, 5.41) is 9.12. The van der Waals surface area contributed by atoms with E-state index in [9.17, 15) is 12.8 Å². The topological polar surface area (TPSA) is 92.4 Å². The molecule has 1 aromatic carbocycles. The van der Waals surface area contributed by atoms with E-state index in [2.05, 4.69) is 4.72 Å². The molecule has 0 aromatic heterocycles. The van der Waals surface area contributed by atoms with Crippen molar-refractivity contribution >= 4 is 10.0 Å². The van der Waals surface area contributed by atoms with Crippen molar-refractivity contribution in [2.75, 3.05) is 6.54 Å². The van der Waals surface area contributed by atoms with Crippen LogP contribution in [0.4, 0.5) is 4.39 Å². The smallest absolute Gasteiger partial charge is 0.240 e. The second-order valence-electron chi connectivity index (χ2n) is 3.71. The quantitative estimate of drug-likeness (QED) is 0.686. The Morgan fingerprint density at radius 3 is 2.41 bits per heavy atom. The standard InChI is InChI=1S/C10H15FN2O3S/c1-7(14)10(12)6-13-17(15,16)9-4-2-8(11)3-5-9/h2-5,7,10,13-14H,6,12H2,1H3. The molecule has 4 N–H and O–H groups in total.